The summed E-state index contributed by atoms with van der Waals surface area (Å²) >= 11 is 0. The molecule has 0 aromatic heterocycles. The molecule has 1 aromatic carbocycles. The Morgan fingerprint density at radius 3 is 2.54 bits per heavy atom. The molecule has 26 heavy (non-hydrogen) atoms. The number of carbonyl (C=O) groups excluding carboxylic acids is 2. The van der Waals surface area contributed by atoms with E-state index in [9.17, 15) is 18.4 Å². The molecular formula is C19H23F2NO4. The summed E-state index contributed by atoms with van der Waals surface area (Å²) in [6.45, 7) is -0.936. The Bertz CT molecular complexity index is 643. The predicted octanol–water partition coefficient (Wildman–Crippen LogP) is 3.84. The van der Waals surface area contributed by atoms with Crippen LogP contribution in [0.25, 0.3) is 0 Å². The molecule has 7 heteroatoms. The van der Waals surface area contributed by atoms with Gasteiger partial charge in [0.05, 0.1) is 5.56 Å². The fourth-order valence-corrected chi connectivity index (χ4v) is 2.68. The zero-order chi connectivity index (χ0) is 18.9. The van der Waals surface area contributed by atoms with Crippen molar-refractivity contribution >= 4 is 11.9 Å². The van der Waals surface area contributed by atoms with Crippen molar-refractivity contribution in [1.29, 1.82) is 0 Å². The fraction of sp³-hybridized carbons (Fsp3) is 0.474. The normalized spacial score (nSPS) is 15.2. The Morgan fingerprint density at radius 1 is 1.19 bits per heavy atom. The van der Waals surface area contributed by atoms with E-state index in [1.807, 2.05) is 0 Å². The van der Waals surface area contributed by atoms with E-state index in [2.05, 4.69) is 16.1 Å². The summed E-state index contributed by atoms with van der Waals surface area (Å²) in [6.07, 6.45) is 6.66. The molecule has 1 unspecified atom stereocenters. The molecule has 0 spiro atoms. The number of hydrogen-bond acceptors (Lipinski definition) is 4. The van der Waals surface area contributed by atoms with E-state index in [-0.39, 0.29) is 17.2 Å². The molecule has 1 atom stereocenters. The standard InChI is InChI=1S/C19H23F2NO4/c1-13(17(23)22-12-11-14-5-3-2-4-6-14)25-18(24)15-7-9-16(10-8-15)26-19(20)21/h5,7-10,13,19H,2-4,6,11-12H2,1H3,(H,22,23). The third-order valence-corrected chi connectivity index (χ3v) is 4.10. The number of halogens is 2. The number of benzene rings is 1. The number of esters is 1. The van der Waals surface area contributed by atoms with Gasteiger partial charge in [-0.25, -0.2) is 4.79 Å². The van der Waals surface area contributed by atoms with E-state index in [4.69, 9.17) is 4.74 Å². The molecule has 5 nitrogen and oxygen atoms in total. The number of hydrogen-bond donors (Lipinski definition) is 1. The van der Waals surface area contributed by atoms with Crippen LogP contribution in [0.15, 0.2) is 35.9 Å². The monoisotopic (exact) mass is 367 g/mol. The summed E-state index contributed by atoms with van der Waals surface area (Å²) < 4.78 is 33.5. The minimum Gasteiger partial charge on any atom is -0.449 e. The van der Waals surface area contributed by atoms with Gasteiger partial charge in [-0.15, -0.1) is 0 Å². The van der Waals surface area contributed by atoms with Crippen molar-refractivity contribution in [2.24, 2.45) is 0 Å². The average molecular weight is 367 g/mol. The van der Waals surface area contributed by atoms with Crippen molar-refractivity contribution in [2.45, 2.75) is 51.7 Å². The largest absolute Gasteiger partial charge is 0.449 e. The zero-order valence-corrected chi connectivity index (χ0v) is 14.7. The Hall–Kier alpha value is -2.44. The highest BCUT2D eigenvalue weighted by molar-refractivity contribution is 5.92. The maximum absolute atomic E-state index is 12.1. The maximum atomic E-state index is 12.1. The minimum atomic E-state index is -2.93. The van der Waals surface area contributed by atoms with Gasteiger partial charge in [0.25, 0.3) is 5.91 Å². The Morgan fingerprint density at radius 2 is 1.92 bits per heavy atom. The molecule has 1 aliphatic rings. The van der Waals surface area contributed by atoms with Gasteiger partial charge in [0.15, 0.2) is 6.10 Å². The van der Waals surface area contributed by atoms with Gasteiger partial charge in [-0.1, -0.05) is 11.6 Å². The molecule has 0 saturated carbocycles. The molecule has 0 saturated heterocycles. The van der Waals surface area contributed by atoms with Crippen LogP contribution in [0, 0.1) is 0 Å². The predicted molar refractivity (Wildman–Crippen MR) is 92.1 cm³/mol. The third kappa shape index (κ3) is 6.46. The first-order chi connectivity index (χ1) is 12.5. The SMILES string of the molecule is CC(OC(=O)c1ccc(OC(F)F)cc1)C(=O)NCCC1=CCCCC1. The van der Waals surface area contributed by atoms with Gasteiger partial charge in [-0.2, -0.15) is 8.78 Å². The number of nitrogens with one attached hydrogen (secondary N) is 1. The lowest BCUT2D eigenvalue weighted by molar-refractivity contribution is -0.129. The zero-order valence-electron chi connectivity index (χ0n) is 14.7. The van der Waals surface area contributed by atoms with Crippen LogP contribution in [0.2, 0.25) is 0 Å². The molecule has 142 valence electrons. The molecule has 0 fully saturated rings. The van der Waals surface area contributed by atoms with Crippen LogP contribution >= 0.6 is 0 Å². The van der Waals surface area contributed by atoms with E-state index in [1.165, 1.54) is 49.6 Å². The van der Waals surface area contributed by atoms with Crippen molar-refractivity contribution in [3.63, 3.8) is 0 Å². The van der Waals surface area contributed by atoms with Crippen LogP contribution in [0.5, 0.6) is 5.75 Å². The number of carbonyl (C=O) groups is 2. The van der Waals surface area contributed by atoms with Crippen LogP contribution in [0.3, 0.4) is 0 Å². The highest BCUT2D eigenvalue weighted by Crippen LogP contribution is 2.19. The topological polar surface area (TPSA) is 64.6 Å². The van der Waals surface area contributed by atoms with Crippen molar-refractivity contribution in [3.05, 3.63) is 41.5 Å². The molecular weight excluding hydrogens is 344 g/mol. The van der Waals surface area contributed by atoms with Crippen molar-refractivity contribution in [3.8, 4) is 5.75 Å². The molecule has 1 aliphatic carbocycles. The highest BCUT2D eigenvalue weighted by Gasteiger charge is 2.19. The second-order valence-electron chi connectivity index (χ2n) is 6.10. The molecule has 1 amide bonds. The Labute approximate surface area is 151 Å². The molecule has 1 N–H and O–H groups in total. The summed E-state index contributed by atoms with van der Waals surface area (Å²) in [6, 6.07) is 5.09. The quantitative estimate of drug-likeness (QED) is 0.560. The minimum absolute atomic E-state index is 0.0561. The van der Waals surface area contributed by atoms with E-state index < -0.39 is 18.7 Å². The number of amides is 1. The first-order valence-corrected chi connectivity index (χ1v) is 8.67. The first kappa shape index (κ1) is 19.9. The lowest BCUT2D eigenvalue weighted by atomic mass is 9.97. The van der Waals surface area contributed by atoms with Crippen LogP contribution < -0.4 is 10.1 Å². The van der Waals surface area contributed by atoms with Crippen molar-refractivity contribution in [2.75, 3.05) is 6.54 Å². The molecule has 1 aromatic rings. The summed E-state index contributed by atoms with van der Waals surface area (Å²) in [5.74, 6) is -1.13. The summed E-state index contributed by atoms with van der Waals surface area (Å²) in [5, 5.41) is 2.76. The smallest absolute Gasteiger partial charge is 0.387 e. The molecule has 0 heterocycles. The Balaban J connectivity index is 1.76. The molecule has 0 radical (unpaired) electrons. The van der Waals surface area contributed by atoms with Gasteiger partial charge in [-0.05, 0) is 63.3 Å². The summed E-state index contributed by atoms with van der Waals surface area (Å²) in [7, 11) is 0. The third-order valence-electron chi connectivity index (χ3n) is 4.10. The van der Waals surface area contributed by atoms with Gasteiger partial charge in [0, 0.05) is 6.54 Å². The second kappa shape index (κ2) is 9.89. The number of alkyl halides is 2. The Kier molecular flexibility index (Phi) is 7.56. The lowest BCUT2D eigenvalue weighted by Crippen LogP contribution is -2.36. The van der Waals surface area contributed by atoms with Gasteiger partial charge >= 0.3 is 12.6 Å². The highest BCUT2D eigenvalue weighted by atomic mass is 19.3. The van der Waals surface area contributed by atoms with E-state index >= 15 is 0 Å². The van der Waals surface area contributed by atoms with E-state index in [0.717, 1.165) is 19.3 Å². The van der Waals surface area contributed by atoms with Crippen LogP contribution in [-0.2, 0) is 9.53 Å². The number of rotatable bonds is 8. The van der Waals surface area contributed by atoms with Crippen LogP contribution in [0.4, 0.5) is 8.78 Å². The van der Waals surface area contributed by atoms with Crippen molar-refractivity contribution in [1.82, 2.24) is 5.32 Å². The fourth-order valence-electron chi connectivity index (χ4n) is 2.68. The van der Waals surface area contributed by atoms with E-state index in [0.29, 0.717) is 6.54 Å². The van der Waals surface area contributed by atoms with E-state index in [1.54, 1.807) is 0 Å². The van der Waals surface area contributed by atoms with Crippen LogP contribution in [-0.4, -0.2) is 31.1 Å². The van der Waals surface area contributed by atoms with Gasteiger partial charge in [0.2, 0.25) is 0 Å². The average Bonchev–Trinajstić information content (AvgIpc) is 2.62. The molecule has 2 rings (SSSR count). The molecule has 0 bridgehead atoms. The van der Waals surface area contributed by atoms with Crippen LogP contribution in [0.1, 0.15) is 49.4 Å². The summed E-state index contributed by atoms with van der Waals surface area (Å²) in [4.78, 5) is 24.0. The van der Waals surface area contributed by atoms with Crippen molar-refractivity contribution < 1.29 is 27.8 Å². The number of allylic oxidation sites excluding steroid dienone is 1. The summed E-state index contributed by atoms with van der Waals surface area (Å²) in [5.41, 5.74) is 1.51. The van der Waals surface area contributed by atoms with Gasteiger partial charge in [-0.3, -0.25) is 4.79 Å². The second-order valence-corrected chi connectivity index (χ2v) is 6.10. The maximum Gasteiger partial charge on any atom is 0.387 e. The van der Waals surface area contributed by atoms with Gasteiger partial charge < -0.3 is 14.8 Å². The van der Waals surface area contributed by atoms with Gasteiger partial charge in [0.1, 0.15) is 5.75 Å². The number of ether oxygens (including phenoxy) is 2. The lowest BCUT2D eigenvalue weighted by Gasteiger charge is -2.15. The molecule has 0 aliphatic heterocycles. The first-order valence-electron chi connectivity index (χ1n) is 8.67.